The second kappa shape index (κ2) is 8.67. The zero-order valence-electron chi connectivity index (χ0n) is 20.2. The van der Waals surface area contributed by atoms with Crippen LogP contribution in [0.2, 0.25) is 0 Å². The minimum absolute atomic E-state index is 0.0464. The fraction of sp³-hybridized carbons (Fsp3) is 0.214. The van der Waals surface area contributed by atoms with Gasteiger partial charge in [-0.25, -0.2) is 0 Å². The summed E-state index contributed by atoms with van der Waals surface area (Å²) in [7, 11) is 0. The number of carbonyl (C=O) groups is 2. The molecule has 1 aromatic heterocycles. The van der Waals surface area contributed by atoms with E-state index in [2.05, 4.69) is 10.6 Å². The Labute approximate surface area is 217 Å². The van der Waals surface area contributed by atoms with Crippen molar-refractivity contribution in [3.63, 3.8) is 0 Å². The Balaban J connectivity index is 1.47. The molecule has 0 radical (unpaired) electrons. The number of amides is 1. The van der Waals surface area contributed by atoms with Crippen molar-refractivity contribution < 1.29 is 14.3 Å². The number of para-hydroxylation sites is 1. The number of nitrogen functional groups attached to an aromatic ring is 1. The Hall–Kier alpha value is -3.76. The van der Waals surface area contributed by atoms with Crippen LogP contribution in [0.25, 0.3) is 10.1 Å². The molecule has 1 amide bonds. The highest BCUT2D eigenvalue weighted by Gasteiger charge is 2.49. The summed E-state index contributed by atoms with van der Waals surface area (Å²) in [6, 6.07) is 17.4. The Morgan fingerprint density at radius 3 is 2.49 bits per heavy atom. The van der Waals surface area contributed by atoms with Gasteiger partial charge in [-0.1, -0.05) is 30.3 Å². The summed E-state index contributed by atoms with van der Waals surface area (Å²) in [5, 5.41) is 6.84. The molecular weight excluding hydrogens is 486 g/mol. The van der Waals surface area contributed by atoms with Crippen molar-refractivity contribution in [2.45, 2.75) is 24.5 Å². The van der Waals surface area contributed by atoms with Gasteiger partial charge >= 0.3 is 0 Å². The first-order valence-electron chi connectivity index (χ1n) is 12.1. The third kappa shape index (κ3) is 3.62. The lowest BCUT2D eigenvalue weighted by atomic mass is 9.69. The highest BCUT2D eigenvalue weighted by molar-refractivity contribution is 7.21. The van der Waals surface area contributed by atoms with Crippen LogP contribution in [-0.2, 0) is 10.3 Å². The van der Waals surface area contributed by atoms with Crippen molar-refractivity contribution in [2.24, 2.45) is 11.5 Å². The number of hydrogen-bond acceptors (Lipinski definition) is 8. The molecule has 6 rings (SSSR count). The molecule has 0 bridgehead atoms. The van der Waals surface area contributed by atoms with Gasteiger partial charge in [0.1, 0.15) is 17.0 Å². The molecule has 1 fully saturated rings. The predicted molar refractivity (Wildman–Crippen MR) is 145 cm³/mol. The molecule has 8 N–H and O–H groups in total. The number of rotatable bonds is 5. The normalized spacial score (nSPS) is 21.1. The SMILES string of the molecule is Cc1cc(Oc2ccccc2)ccc1C1(N)C(=O)C(N)c2c(C(=O)NC3CNC3)sc3c(N)ccc1c23. The number of Topliss-reactive ketones (excluding diaryl/α,β-unsaturated/α-hetero) is 1. The molecule has 2 heterocycles. The average Bonchev–Trinajstić information content (AvgIpc) is 3.27. The molecule has 1 saturated heterocycles. The quantitative estimate of drug-likeness (QED) is 0.258. The van der Waals surface area contributed by atoms with E-state index < -0.39 is 11.6 Å². The van der Waals surface area contributed by atoms with Crippen LogP contribution in [0.15, 0.2) is 60.7 Å². The van der Waals surface area contributed by atoms with E-state index in [1.54, 1.807) is 18.2 Å². The third-order valence-corrected chi connectivity index (χ3v) is 8.49. The van der Waals surface area contributed by atoms with Crippen molar-refractivity contribution in [1.82, 2.24) is 10.6 Å². The van der Waals surface area contributed by atoms with Gasteiger partial charge in [0.25, 0.3) is 5.91 Å². The third-order valence-electron chi connectivity index (χ3n) is 7.24. The van der Waals surface area contributed by atoms with E-state index in [1.807, 2.05) is 49.4 Å². The summed E-state index contributed by atoms with van der Waals surface area (Å²) in [4.78, 5) is 27.6. The highest BCUT2D eigenvalue weighted by Crippen LogP contribution is 2.50. The van der Waals surface area contributed by atoms with Crippen molar-refractivity contribution in [1.29, 1.82) is 0 Å². The van der Waals surface area contributed by atoms with Gasteiger partial charge in [0.2, 0.25) is 0 Å². The van der Waals surface area contributed by atoms with Crippen LogP contribution in [0.5, 0.6) is 11.5 Å². The van der Waals surface area contributed by atoms with Gasteiger partial charge in [0.15, 0.2) is 5.78 Å². The molecule has 2 unspecified atom stereocenters. The fourth-order valence-electron chi connectivity index (χ4n) is 5.24. The number of nitrogens with one attached hydrogen (secondary N) is 2. The molecule has 188 valence electrons. The molecule has 1 aliphatic carbocycles. The number of anilines is 1. The zero-order chi connectivity index (χ0) is 25.9. The minimum atomic E-state index is -1.51. The highest BCUT2D eigenvalue weighted by atomic mass is 32.1. The Bertz CT molecular complexity index is 1560. The lowest BCUT2D eigenvalue weighted by Crippen LogP contribution is -2.57. The molecule has 2 aliphatic rings. The number of carbonyl (C=O) groups excluding carboxylic acids is 2. The van der Waals surface area contributed by atoms with Crippen LogP contribution in [0.4, 0.5) is 5.69 Å². The van der Waals surface area contributed by atoms with Crippen LogP contribution >= 0.6 is 11.3 Å². The molecule has 1 aliphatic heterocycles. The summed E-state index contributed by atoms with van der Waals surface area (Å²) in [6.45, 7) is 3.31. The number of ether oxygens (including phenoxy) is 1. The van der Waals surface area contributed by atoms with Crippen molar-refractivity contribution >= 4 is 38.8 Å². The molecule has 3 aromatic carbocycles. The number of hydrogen-bond donors (Lipinski definition) is 5. The number of nitrogens with two attached hydrogens (primary N) is 3. The van der Waals surface area contributed by atoms with Gasteiger partial charge in [-0.15, -0.1) is 11.3 Å². The Kier molecular flexibility index (Phi) is 5.54. The summed E-state index contributed by atoms with van der Waals surface area (Å²) >= 11 is 1.26. The van der Waals surface area contributed by atoms with Crippen LogP contribution in [0.1, 0.15) is 38.0 Å². The van der Waals surface area contributed by atoms with Crippen LogP contribution < -0.4 is 32.6 Å². The second-order valence-corrected chi connectivity index (χ2v) is 10.6. The molecule has 0 spiro atoms. The van der Waals surface area contributed by atoms with E-state index >= 15 is 0 Å². The molecule has 8 nitrogen and oxygen atoms in total. The summed E-state index contributed by atoms with van der Waals surface area (Å²) in [6.07, 6.45) is 0. The average molecular weight is 514 g/mol. The van der Waals surface area contributed by atoms with Gasteiger partial charge in [0.05, 0.1) is 21.7 Å². The van der Waals surface area contributed by atoms with Gasteiger partial charge < -0.3 is 32.6 Å². The molecule has 9 heteroatoms. The summed E-state index contributed by atoms with van der Waals surface area (Å²) < 4.78 is 6.69. The van der Waals surface area contributed by atoms with Crippen LogP contribution in [0, 0.1) is 6.92 Å². The van der Waals surface area contributed by atoms with E-state index in [0.29, 0.717) is 61.9 Å². The first-order chi connectivity index (χ1) is 17.8. The van der Waals surface area contributed by atoms with Crippen LogP contribution in [0.3, 0.4) is 0 Å². The maximum Gasteiger partial charge on any atom is 0.262 e. The van der Waals surface area contributed by atoms with E-state index in [1.165, 1.54) is 11.3 Å². The first-order valence-corrected chi connectivity index (χ1v) is 12.9. The molecule has 37 heavy (non-hydrogen) atoms. The maximum absolute atomic E-state index is 14.0. The number of ketones is 1. The summed E-state index contributed by atoms with van der Waals surface area (Å²) in [5.41, 5.74) is 21.4. The second-order valence-electron chi connectivity index (χ2n) is 9.62. The van der Waals surface area contributed by atoms with E-state index in [4.69, 9.17) is 21.9 Å². The molecule has 4 aromatic rings. The monoisotopic (exact) mass is 513 g/mol. The fourth-order valence-corrected chi connectivity index (χ4v) is 6.44. The van der Waals surface area contributed by atoms with E-state index in [0.717, 1.165) is 5.56 Å². The number of aryl methyl sites for hydroxylation is 1. The Morgan fingerprint density at radius 1 is 1.08 bits per heavy atom. The van der Waals surface area contributed by atoms with E-state index in [-0.39, 0.29) is 17.7 Å². The lowest BCUT2D eigenvalue weighted by Gasteiger charge is -2.37. The lowest BCUT2D eigenvalue weighted by molar-refractivity contribution is -0.124. The smallest absolute Gasteiger partial charge is 0.262 e. The van der Waals surface area contributed by atoms with Crippen molar-refractivity contribution in [3.05, 3.63) is 87.8 Å². The zero-order valence-corrected chi connectivity index (χ0v) is 21.0. The minimum Gasteiger partial charge on any atom is -0.457 e. The number of benzene rings is 3. The Morgan fingerprint density at radius 2 is 1.81 bits per heavy atom. The first kappa shape index (κ1) is 23.6. The van der Waals surface area contributed by atoms with Crippen molar-refractivity contribution in [2.75, 3.05) is 18.8 Å². The molecule has 0 saturated carbocycles. The predicted octanol–water partition coefficient (Wildman–Crippen LogP) is 3.07. The van der Waals surface area contributed by atoms with Crippen molar-refractivity contribution in [3.8, 4) is 11.5 Å². The van der Waals surface area contributed by atoms with Gasteiger partial charge in [-0.05, 0) is 53.9 Å². The van der Waals surface area contributed by atoms with Crippen LogP contribution in [-0.4, -0.2) is 30.8 Å². The van der Waals surface area contributed by atoms with Gasteiger partial charge in [0, 0.05) is 29.7 Å². The van der Waals surface area contributed by atoms with E-state index in [9.17, 15) is 9.59 Å². The molecule has 2 atom stereocenters. The largest absolute Gasteiger partial charge is 0.457 e. The maximum atomic E-state index is 14.0. The van der Waals surface area contributed by atoms with Gasteiger partial charge in [-0.2, -0.15) is 0 Å². The standard InChI is InChI=1S/C28H27N5O3S/c1-14-11-17(36-16-5-3-2-4-6-16)7-8-18(14)28(31)19-9-10-20(29)24-21(19)22(23(30)26(28)34)25(37-24)27(35)33-15-12-32-13-15/h2-11,15,23,32H,12-13,29-31H2,1H3,(H,33,35). The topological polar surface area (TPSA) is 145 Å². The van der Waals surface area contributed by atoms with Gasteiger partial charge in [-0.3, -0.25) is 9.59 Å². The molecular formula is C28H27N5O3S. The number of thiophene rings is 1. The summed E-state index contributed by atoms with van der Waals surface area (Å²) in [5.74, 6) is 0.717.